The summed E-state index contributed by atoms with van der Waals surface area (Å²) in [4.78, 5) is 6.18. The van der Waals surface area contributed by atoms with Gasteiger partial charge in [-0.3, -0.25) is 0 Å². The van der Waals surface area contributed by atoms with Gasteiger partial charge in [-0.25, -0.2) is 18.0 Å². The summed E-state index contributed by atoms with van der Waals surface area (Å²) in [6.07, 6.45) is -4.00. The van der Waals surface area contributed by atoms with Crippen molar-refractivity contribution in [3.05, 3.63) is 30.2 Å². The summed E-state index contributed by atoms with van der Waals surface area (Å²) < 4.78 is 75.7. The highest BCUT2D eigenvalue weighted by molar-refractivity contribution is 5.89. The van der Waals surface area contributed by atoms with Gasteiger partial charge in [0.15, 0.2) is 5.82 Å². The van der Waals surface area contributed by atoms with E-state index in [1.54, 1.807) is 0 Å². The molecule has 1 N–H and O–H groups in total. The summed E-state index contributed by atoms with van der Waals surface area (Å²) in [6, 6.07) is 3.83. The molecule has 1 fully saturated rings. The minimum absolute atomic E-state index is 0.0201. The Morgan fingerprint density at radius 3 is 2.77 bits per heavy atom. The SMILES string of the molecule is COc1nc(N[C@H]2CCN(C)C[C@H]2F)nn2cc(F)c(-c3ccc4nnn(CC(F)(F)F)c4c3)c12. The fourth-order valence-electron chi connectivity index (χ4n) is 4.29. The number of methoxy groups -OCH3 is 1. The van der Waals surface area contributed by atoms with Crippen LogP contribution in [0.15, 0.2) is 24.4 Å². The largest absolute Gasteiger partial charge is 0.479 e. The number of piperidine rings is 1. The number of nitrogens with one attached hydrogen (secondary N) is 1. The minimum atomic E-state index is -4.50. The molecule has 0 saturated carbocycles. The van der Waals surface area contributed by atoms with Gasteiger partial charge < -0.3 is 15.0 Å². The van der Waals surface area contributed by atoms with Gasteiger partial charge in [-0.05, 0) is 31.2 Å². The Hall–Kier alpha value is -3.55. The summed E-state index contributed by atoms with van der Waals surface area (Å²) in [7, 11) is 3.18. The van der Waals surface area contributed by atoms with E-state index in [0.29, 0.717) is 17.6 Å². The van der Waals surface area contributed by atoms with Crippen LogP contribution in [0.5, 0.6) is 5.88 Å². The molecule has 5 rings (SSSR count). The molecule has 4 aromatic rings. The van der Waals surface area contributed by atoms with Crippen LogP contribution in [0.3, 0.4) is 0 Å². The molecule has 9 nitrogen and oxygen atoms in total. The summed E-state index contributed by atoms with van der Waals surface area (Å²) in [5, 5.41) is 14.5. The number of halogens is 5. The third-order valence-corrected chi connectivity index (χ3v) is 5.94. The zero-order valence-corrected chi connectivity index (χ0v) is 18.7. The number of nitrogens with zero attached hydrogens (tertiary/aromatic N) is 7. The second-order valence-corrected chi connectivity index (χ2v) is 8.47. The van der Waals surface area contributed by atoms with Crippen molar-refractivity contribution in [3.63, 3.8) is 0 Å². The van der Waals surface area contributed by atoms with Crippen LogP contribution in [0.2, 0.25) is 0 Å². The van der Waals surface area contributed by atoms with Crippen molar-refractivity contribution < 1.29 is 26.7 Å². The van der Waals surface area contributed by atoms with E-state index in [-0.39, 0.29) is 46.1 Å². The van der Waals surface area contributed by atoms with Crippen LogP contribution in [-0.4, -0.2) is 80.1 Å². The van der Waals surface area contributed by atoms with Crippen LogP contribution in [-0.2, 0) is 6.54 Å². The highest BCUT2D eigenvalue weighted by Gasteiger charge is 2.31. The number of rotatable bonds is 5. The lowest BCUT2D eigenvalue weighted by molar-refractivity contribution is -0.142. The predicted octanol–water partition coefficient (Wildman–Crippen LogP) is 3.31. The van der Waals surface area contributed by atoms with Crippen molar-refractivity contribution in [2.45, 2.75) is 31.4 Å². The molecule has 2 atom stereocenters. The first kappa shape index (κ1) is 23.2. The Kier molecular flexibility index (Phi) is 5.69. The van der Waals surface area contributed by atoms with Gasteiger partial charge in [-0.15, -0.1) is 10.2 Å². The van der Waals surface area contributed by atoms with E-state index >= 15 is 4.39 Å². The van der Waals surface area contributed by atoms with Gasteiger partial charge in [-0.1, -0.05) is 11.3 Å². The Balaban J connectivity index is 1.56. The third-order valence-electron chi connectivity index (χ3n) is 5.94. The van der Waals surface area contributed by atoms with Crippen LogP contribution in [0, 0.1) is 5.82 Å². The molecule has 0 spiro atoms. The lowest BCUT2D eigenvalue weighted by Gasteiger charge is -2.32. The lowest BCUT2D eigenvalue weighted by Crippen LogP contribution is -2.46. The molecule has 0 amide bonds. The number of likely N-dealkylation sites (tertiary alicyclic amines) is 1. The van der Waals surface area contributed by atoms with Gasteiger partial charge in [0.1, 0.15) is 23.7 Å². The topological polar surface area (TPSA) is 85.4 Å². The highest BCUT2D eigenvalue weighted by Crippen LogP contribution is 2.35. The number of ether oxygens (including phenoxy) is 1. The fourth-order valence-corrected chi connectivity index (χ4v) is 4.29. The summed E-state index contributed by atoms with van der Waals surface area (Å²) in [5.41, 5.74) is 0.802. The first-order valence-corrected chi connectivity index (χ1v) is 10.8. The summed E-state index contributed by atoms with van der Waals surface area (Å²) >= 11 is 0. The number of hydrogen-bond acceptors (Lipinski definition) is 7. The third kappa shape index (κ3) is 4.45. The van der Waals surface area contributed by atoms with Crippen LogP contribution < -0.4 is 10.1 Å². The zero-order valence-electron chi connectivity index (χ0n) is 18.7. The molecule has 1 aliphatic heterocycles. The van der Waals surface area contributed by atoms with Gasteiger partial charge in [0, 0.05) is 13.1 Å². The zero-order chi connectivity index (χ0) is 24.9. The first-order chi connectivity index (χ1) is 16.6. The van der Waals surface area contributed by atoms with E-state index in [0.717, 1.165) is 6.20 Å². The second-order valence-electron chi connectivity index (χ2n) is 8.47. The Bertz CT molecular complexity index is 1380. The van der Waals surface area contributed by atoms with E-state index in [4.69, 9.17) is 4.74 Å². The highest BCUT2D eigenvalue weighted by atomic mass is 19.4. The van der Waals surface area contributed by atoms with Gasteiger partial charge >= 0.3 is 6.18 Å². The van der Waals surface area contributed by atoms with Crippen LogP contribution in [0.25, 0.3) is 27.7 Å². The first-order valence-electron chi connectivity index (χ1n) is 10.8. The maximum Gasteiger partial charge on any atom is 0.408 e. The Morgan fingerprint density at radius 1 is 1.26 bits per heavy atom. The predicted molar refractivity (Wildman–Crippen MR) is 116 cm³/mol. The monoisotopic (exact) mass is 496 g/mol. The molecule has 14 heteroatoms. The molecule has 0 aliphatic carbocycles. The number of aromatic nitrogens is 6. The maximum absolute atomic E-state index is 15.2. The lowest BCUT2D eigenvalue weighted by atomic mass is 10.0. The summed E-state index contributed by atoms with van der Waals surface area (Å²) in [6.45, 7) is -0.371. The van der Waals surface area contributed by atoms with Crippen molar-refractivity contribution in [1.29, 1.82) is 0 Å². The Labute approximate surface area is 195 Å². The molecule has 186 valence electrons. The van der Waals surface area contributed by atoms with Crippen molar-refractivity contribution in [3.8, 4) is 17.0 Å². The molecule has 1 saturated heterocycles. The minimum Gasteiger partial charge on any atom is -0.479 e. The van der Waals surface area contributed by atoms with Crippen LogP contribution >= 0.6 is 0 Å². The number of fused-ring (bicyclic) bond motifs is 2. The van der Waals surface area contributed by atoms with E-state index in [9.17, 15) is 17.6 Å². The molecule has 4 heterocycles. The average Bonchev–Trinajstić information content (AvgIpc) is 3.33. The molecule has 0 radical (unpaired) electrons. The maximum atomic E-state index is 15.2. The van der Waals surface area contributed by atoms with Gasteiger partial charge in [-0.2, -0.15) is 18.2 Å². The second kappa shape index (κ2) is 8.59. The number of benzene rings is 1. The molecule has 1 aliphatic rings. The van der Waals surface area contributed by atoms with E-state index in [1.807, 2.05) is 11.9 Å². The van der Waals surface area contributed by atoms with Crippen molar-refractivity contribution in [2.24, 2.45) is 0 Å². The van der Waals surface area contributed by atoms with E-state index in [2.05, 4.69) is 25.7 Å². The van der Waals surface area contributed by atoms with Gasteiger partial charge in [0.2, 0.25) is 11.8 Å². The Morgan fingerprint density at radius 2 is 2.06 bits per heavy atom. The molecular weight excluding hydrogens is 475 g/mol. The van der Waals surface area contributed by atoms with E-state index in [1.165, 1.54) is 29.8 Å². The normalized spacial score (nSPS) is 19.5. The van der Waals surface area contributed by atoms with Crippen LogP contribution in [0.4, 0.5) is 27.9 Å². The van der Waals surface area contributed by atoms with Gasteiger partial charge in [0.25, 0.3) is 0 Å². The van der Waals surface area contributed by atoms with Gasteiger partial charge in [0.05, 0.1) is 30.4 Å². The molecule has 3 aromatic heterocycles. The van der Waals surface area contributed by atoms with Crippen LogP contribution in [0.1, 0.15) is 6.42 Å². The van der Waals surface area contributed by atoms with E-state index < -0.39 is 30.8 Å². The molecule has 1 aromatic carbocycles. The fraction of sp³-hybridized carbons (Fsp3) is 0.429. The number of hydrogen-bond donors (Lipinski definition) is 1. The van der Waals surface area contributed by atoms with Crippen molar-refractivity contribution in [2.75, 3.05) is 32.6 Å². The molecule has 0 bridgehead atoms. The average molecular weight is 496 g/mol. The molecule has 35 heavy (non-hydrogen) atoms. The van der Waals surface area contributed by atoms with Crippen molar-refractivity contribution in [1.82, 2.24) is 34.5 Å². The smallest absolute Gasteiger partial charge is 0.408 e. The quantitative estimate of drug-likeness (QED) is 0.425. The van der Waals surface area contributed by atoms with Crippen molar-refractivity contribution >= 4 is 22.5 Å². The number of alkyl halides is 4. The standard InChI is InChI=1S/C21H21F5N8O/c1-32-6-5-14(12(22)8-32)27-20-28-19(35-2)18-17(13(23)9-33(18)30-20)11-3-4-15-16(7-11)34(31-29-15)10-21(24,25)26/h3-4,7,9,12,14H,5-6,8,10H2,1-2H3,(H,27,30)/t12-,14+/m1/s1. The molecular formula is C21H21F5N8O. The summed E-state index contributed by atoms with van der Waals surface area (Å²) in [5.74, 6) is -0.602. The molecule has 0 unspecified atom stereocenters. The number of anilines is 1.